The van der Waals surface area contributed by atoms with Gasteiger partial charge in [0.15, 0.2) is 0 Å². The molecular formula is C24H22O3. The van der Waals surface area contributed by atoms with Gasteiger partial charge in [-0.15, -0.1) is 0 Å². The fraction of sp³-hybridized carbons (Fsp3) is 0.208. The van der Waals surface area contributed by atoms with E-state index in [1.165, 1.54) is 0 Å². The van der Waals surface area contributed by atoms with Gasteiger partial charge in [-0.1, -0.05) is 66.7 Å². The minimum Gasteiger partial charge on any atom is -0.496 e. The van der Waals surface area contributed by atoms with E-state index >= 15 is 0 Å². The van der Waals surface area contributed by atoms with Gasteiger partial charge in [0.05, 0.1) is 13.0 Å². The molecule has 27 heavy (non-hydrogen) atoms. The summed E-state index contributed by atoms with van der Waals surface area (Å²) < 4.78 is 11.3. The van der Waals surface area contributed by atoms with Gasteiger partial charge in [-0.3, -0.25) is 4.79 Å². The Morgan fingerprint density at radius 1 is 0.815 bits per heavy atom. The smallest absolute Gasteiger partial charge is 0.314 e. The molecule has 0 aliphatic heterocycles. The molecule has 1 aliphatic carbocycles. The maximum atomic E-state index is 12.9. The van der Waals surface area contributed by atoms with Gasteiger partial charge >= 0.3 is 5.97 Å². The number of ether oxygens (including phenoxy) is 2. The molecule has 1 aliphatic rings. The average Bonchev–Trinajstić information content (AvgIpc) is 2.68. The highest BCUT2D eigenvalue weighted by Gasteiger charge is 2.40. The van der Waals surface area contributed by atoms with Crippen molar-refractivity contribution in [2.75, 3.05) is 7.11 Å². The lowest BCUT2D eigenvalue weighted by molar-refractivity contribution is -0.142. The van der Waals surface area contributed by atoms with E-state index < -0.39 is 0 Å². The Bertz CT molecular complexity index is 933. The third-order valence-corrected chi connectivity index (χ3v) is 5.30. The maximum Gasteiger partial charge on any atom is 0.314 e. The van der Waals surface area contributed by atoms with Crippen LogP contribution in [0.2, 0.25) is 0 Å². The van der Waals surface area contributed by atoms with Crippen LogP contribution in [0.5, 0.6) is 11.5 Å². The number of para-hydroxylation sites is 2. The minimum atomic E-state index is -0.166. The molecule has 0 N–H and O–H groups in total. The molecule has 3 heteroatoms. The second-order valence-electron chi connectivity index (χ2n) is 6.82. The molecule has 3 aromatic rings. The quantitative estimate of drug-likeness (QED) is 0.449. The first-order valence-electron chi connectivity index (χ1n) is 9.27. The zero-order valence-corrected chi connectivity index (χ0v) is 15.3. The number of rotatable bonds is 5. The predicted molar refractivity (Wildman–Crippen MR) is 106 cm³/mol. The molecule has 0 aromatic heterocycles. The standard InChI is InChI=1S/C24H22O3/c1-26-22-13-7-6-12-20(22)19-15-16-21(19)24(25)27-23-14-8-5-11-18(23)17-9-3-2-4-10-17/h2-14,19,21H,15-16H2,1H3. The highest BCUT2D eigenvalue weighted by molar-refractivity contribution is 5.81. The molecular weight excluding hydrogens is 336 g/mol. The Morgan fingerprint density at radius 3 is 2.19 bits per heavy atom. The normalized spacial score (nSPS) is 18.4. The zero-order valence-electron chi connectivity index (χ0n) is 15.3. The molecule has 0 spiro atoms. The van der Waals surface area contributed by atoms with Crippen LogP contribution in [-0.4, -0.2) is 13.1 Å². The van der Waals surface area contributed by atoms with Gasteiger partial charge in [0.1, 0.15) is 11.5 Å². The number of hydrogen-bond acceptors (Lipinski definition) is 3. The molecule has 0 radical (unpaired) electrons. The van der Waals surface area contributed by atoms with E-state index in [1.54, 1.807) is 7.11 Å². The topological polar surface area (TPSA) is 35.5 Å². The Hall–Kier alpha value is -3.07. The Balaban J connectivity index is 1.55. The van der Waals surface area contributed by atoms with Crippen molar-refractivity contribution in [1.82, 2.24) is 0 Å². The van der Waals surface area contributed by atoms with Crippen LogP contribution in [0, 0.1) is 5.92 Å². The summed E-state index contributed by atoms with van der Waals surface area (Å²) >= 11 is 0. The second kappa shape index (κ2) is 7.67. The highest BCUT2D eigenvalue weighted by Crippen LogP contribution is 2.46. The summed E-state index contributed by atoms with van der Waals surface area (Å²) in [4.78, 5) is 12.9. The zero-order chi connectivity index (χ0) is 18.6. The van der Waals surface area contributed by atoms with Crippen LogP contribution in [0.15, 0.2) is 78.9 Å². The Kier molecular flexibility index (Phi) is 4.93. The van der Waals surface area contributed by atoms with Crippen LogP contribution in [0.4, 0.5) is 0 Å². The molecule has 0 amide bonds. The molecule has 3 aromatic carbocycles. The van der Waals surface area contributed by atoms with Crippen molar-refractivity contribution in [3.05, 3.63) is 84.4 Å². The van der Waals surface area contributed by atoms with Gasteiger partial charge in [0.2, 0.25) is 0 Å². The van der Waals surface area contributed by atoms with E-state index in [2.05, 4.69) is 0 Å². The monoisotopic (exact) mass is 358 g/mol. The largest absolute Gasteiger partial charge is 0.496 e. The first-order chi connectivity index (χ1) is 13.3. The van der Waals surface area contributed by atoms with Gasteiger partial charge in [0, 0.05) is 11.5 Å². The van der Waals surface area contributed by atoms with E-state index in [0.29, 0.717) is 5.75 Å². The Morgan fingerprint density at radius 2 is 1.48 bits per heavy atom. The molecule has 136 valence electrons. The van der Waals surface area contributed by atoms with Crippen molar-refractivity contribution in [3.8, 4) is 22.6 Å². The summed E-state index contributed by atoms with van der Waals surface area (Å²) in [5.41, 5.74) is 3.06. The fourth-order valence-electron chi connectivity index (χ4n) is 3.72. The van der Waals surface area contributed by atoms with Crippen LogP contribution in [0.3, 0.4) is 0 Å². The van der Waals surface area contributed by atoms with Gasteiger partial charge in [0.25, 0.3) is 0 Å². The SMILES string of the molecule is COc1ccccc1C1CCC1C(=O)Oc1ccccc1-c1ccccc1. The number of esters is 1. The molecule has 2 unspecified atom stereocenters. The van der Waals surface area contributed by atoms with Crippen molar-refractivity contribution < 1.29 is 14.3 Å². The van der Waals surface area contributed by atoms with Crippen LogP contribution < -0.4 is 9.47 Å². The third kappa shape index (κ3) is 3.45. The molecule has 4 rings (SSSR count). The maximum absolute atomic E-state index is 12.9. The lowest BCUT2D eigenvalue weighted by Gasteiger charge is -2.35. The van der Waals surface area contributed by atoms with E-state index in [-0.39, 0.29) is 17.8 Å². The third-order valence-electron chi connectivity index (χ3n) is 5.30. The van der Waals surface area contributed by atoms with Crippen molar-refractivity contribution in [2.24, 2.45) is 5.92 Å². The van der Waals surface area contributed by atoms with Gasteiger partial charge in [-0.25, -0.2) is 0 Å². The summed E-state index contributed by atoms with van der Waals surface area (Å²) in [5, 5.41) is 0. The summed E-state index contributed by atoms with van der Waals surface area (Å²) in [7, 11) is 1.67. The van der Waals surface area contributed by atoms with E-state index in [0.717, 1.165) is 35.3 Å². The lowest BCUT2D eigenvalue weighted by atomic mass is 9.70. The molecule has 2 atom stereocenters. The molecule has 3 nitrogen and oxygen atoms in total. The molecule has 1 fully saturated rings. The van der Waals surface area contributed by atoms with E-state index in [1.807, 2.05) is 78.9 Å². The number of carbonyl (C=O) groups excluding carboxylic acids is 1. The van der Waals surface area contributed by atoms with E-state index in [9.17, 15) is 4.79 Å². The Labute approximate surface area is 159 Å². The number of carbonyl (C=O) groups is 1. The fourth-order valence-corrected chi connectivity index (χ4v) is 3.72. The predicted octanol–water partition coefficient (Wildman–Crippen LogP) is 5.46. The van der Waals surface area contributed by atoms with Gasteiger partial charge in [-0.05, 0) is 36.1 Å². The number of hydrogen-bond donors (Lipinski definition) is 0. The first kappa shape index (κ1) is 17.3. The second-order valence-corrected chi connectivity index (χ2v) is 6.82. The van der Waals surface area contributed by atoms with Gasteiger partial charge in [-0.2, -0.15) is 0 Å². The van der Waals surface area contributed by atoms with Crippen molar-refractivity contribution in [1.29, 1.82) is 0 Å². The highest BCUT2D eigenvalue weighted by atomic mass is 16.5. The lowest BCUT2D eigenvalue weighted by Crippen LogP contribution is -2.34. The summed E-state index contributed by atoms with van der Waals surface area (Å²) in [6, 6.07) is 25.6. The first-order valence-corrected chi connectivity index (χ1v) is 9.27. The minimum absolute atomic E-state index is 0.134. The number of benzene rings is 3. The van der Waals surface area contributed by atoms with Crippen molar-refractivity contribution in [3.63, 3.8) is 0 Å². The molecule has 0 heterocycles. The van der Waals surface area contributed by atoms with Crippen molar-refractivity contribution >= 4 is 5.97 Å². The summed E-state index contributed by atoms with van der Waals surface area (Å²) in [6.07, 6.45) is 1.82. The van der Waals surface area contributed by atoms with Crippen LogP contribution in [0.25, 0.3) is 11.1 Å². The molecule has 1 saturated carbocycles. The molecule has 0 bridgehead atoms. The van der Waals surface area contributed by atoms with Gasteiger partial charge < -0.3 is 9.47 Å². The summed E-state index contributed by atoms with van der Waals surface area (Å²) in [5.74, 6) is 1.30. The van der Waals surface area contributed by atoms with E-state index in [4.69, 9.17) is 9.47 Å². The van der Waals surface area contributed by atoms with Crippen molar-refractivity contribution in [2.45, 2.75) is 18.8 Å². The average molecular weight is 358 g/mol. The van der Waals surface area contributed by atoms with Crippen LogP contribution in [-0.2, 0) is 4.79 Å². The molecule has 0 saturated heterocycles. The summed E-state index contributed by atoms with van der Waals surface area (Å²) in [6.45, 7) is 0. The van der Waals surface area contributed by atoms with Crippen LogP contribution in [0.1, 0.15) is 24.3 Å². The number of methoxy groups -OCH3 is 1. The van der Waals surface area contributed by atoms with Crippen LogP contribution >= 0.6 is 0 Å².